The fraction of sp³-hybridized carbons (Fsp3) is 0.400. The molecule has 1 saturated heterocycles. The Kier molecular flexibility index (Phi) is 8.13. The maximum Gasteiger partial charge on any atom is 0.418 e. The molecular weight excluding hydrogens is 489 g/mol. The van der Waals surface area contributed by atoms with E-state index in [2.05, 4.69) is 15.5 Å². The second kappa shape index (κ2) is 10.8. The maximum absolute atomic E-state index is 12.9. The van der Waals surface area contributed by atoms with Crippen LogP contribution in [0.15, 0.2) is 36.4 Å². The molecule has 1 fully saturated rings. The minimum atomic E-state index is -4.62. The van der Waals surface area contributed by atoms with E-state index in [9.17, 15) is 27.6 Å². The summed E-state index contributed by atoms with van der Waals surface area (Å²) in [4.78, 5) is 38.7. The predicted octanol–water partition coefficient (Wildman–Crippen LogP) is 2.36. The Hall–Kier alpha value is -3.64. The number of nitrogen functional groups attached to an aromatic ring is 1. The number of nitrogens with one attached hydrogen (secondary N) is 2. The highest BCUT2D eigenvalue weighted by molar-refractivity contribution is 6.00. The van der Waals surface area contributed by atoms with Crippen molar-refractivity contribution in [3.8, 4) is 0 Å². The Morgan fingerprint density at radius 3 is 2.49 bits per heavy atom. The number of halogens is 3. The minimum absolute atomic E-state index is 0.0732. The number of urea groups is 1. The normalized spacial score (nSPS) is 16.4. The zero-order valence-electron chi connectivity index (χ0n) is 21.0. The lowest BCUT2D eigenvalue weighted by molar-refractivity contribution is -0.137. The molecule has 2 aromatic rings. The number of hydrogen-bond acceptors (Lipinski definition) is 5. The number of primary amides is 1. The molecule has 0 aliphatic carbocycles. The molecule has 4 amide bonds. The Balaban J connectivity index is 1.53. The molecule has 0 saturated carbocycles. The summed E-state index contributed by atoms with van der Waals surface area (Å²) in [5.74, 6) is -1.32. The Bertz CT molecular complexity index is 1200. The van der Waals surface area contributed by atoms with Crippen molar-refractivity contribution < 1.29 is 27.6 Å². The summed E-state index contributed by atoms with van der Waals surface area (Å²) in [5.41, 5.74) is 12.5. The van der Waals surface area contributed by atoms with E-state index in [-0.39, 0.29) is 21.8 Å². The van der Waals surface area contributed by atoms with Crippen LogP contribution in [0, 0.1) is 6.92 Å². The van der Waals surface area contributed by atoms with Gasteiger partial charge in [-0.1, -0.05) is 12.1 Å². The molecule has 2 aromatic carbocycles. The number of anilines is 1. The zero-order valence-corrected chi connectivity index (χ0v) is 21.0. The van der Waals surface area contributed by atoms with Gasteiger partial charge in [-0.2, -0.15) is 13.2 Å². The zero-order chi connectivity index (χ0) is 27.5. The molecule has 6 N–H and O–H groups in total. The number of benzene rings is 2. The third kappa shape index (κ3) is 6.77. The summed E-state index contributed by atoms with van der Waals surface area (Å²) in [7, 11) is 3.46. The fourth-order valence-electron chi connectivity index (χ4n) is 4.29. The van der Waals surface area contributed by atoms with Gasteiger partial charge in [-0.05, 0) is 37.1 Å². The van der Waals surface area contributed by atoms with Gasteiger partial charge in [-0.3, -0.25) is 14.5 Å². The number of alkyl halides is 3. The topological polar surface area (TPSA) is 131 Å². The summed E-state index contributed by atoms with van der Waals surface area (Å²) >= 11 is 0. The van der Waals surface area contributed by atoms with E-state index in [1.54, 1.807) is 14.1 Å². The third-order valence-electron chi connectivity index (χ3n) is 6.51. The lowest BCUT2D eigenvalue weighted by Crippen LogP contribution is -2.50. The van der Waals surface area contributed by atoms with Crippen molar-refractivity contribution in [3.05, 3.63) is 58.7 Å². The largest absolute Gasteiger partial charge is 0.418 e. The lowest BCUT2D eigenvalue weighted by atomic mass is 10.1. The maximum atomic E-state index is 12.9. The van der Waals surface area contributed by atoms with Crippen molar-refractivity contribution in [1.29, 1.82) is 0 Å². The smallest absolute Gasteiger partial charge is 0.398 e. The number of carbonyl (C=O) groups excluding carboxylic acids is 3. The van der Waals surface area contributed by atoms with Gasteiger partial charge in [0.05, 0.1) is 31.8 Å². The van der Waals surface area contributed by atoms with Gasteiger partial charge in [-0.25, -0.2) is 9.28 Å². The number of likely N-dealkylation sites (tertiary alicyclic amines) is 1. The second-order valence-corrected chi connectivity index (χ2v) is 9.68. The van der Waals surface area contributed by atoms with E-state index in [1.165, 1.54) is 0 Å². The molecular formula is C25H32F3N6O3+. The first kappa shape index (κ1) is 27.9. The number of aryl methyl sites for hydroxylation is 1. The van der Waals surface area contributed by atoms with Crippen LogP contribution in [0.25, 0.3) is 0 Å². The number of amides is 4. The summed E-state index contributed by atoms with van der Waals surface area (Å²) in [5, 5.41) is 5.17. The van der Waals surface area contributed by atoms with Crippen LogP contribution >= 0.6 is 0 Å². The highest BCUT2D eigenvalue weighted by Crippen LogP contribution is 2.31. The van der Waals surface area contributed by atoms with Gasteiger partial charge in [0.15, 0.2) is 0 Å². The monoisotopic (exact) mass is 521 g/mol. The Morgan fingerprint density at radius 2 is 1.84 bits per heavy atom. The number of hydrogen-bond donors (Lipinski definition) is 4. The molecule has 37 heavy (non-hydrogen) atoms. The van der Waals surface area contributed by atoms with Crippen LogP contribution in [-0.2, 0) is 17.5 Å². The van der Waals surface area contributed by atoms with Crippen molar-refractivity contribution in [2.75, 3.05) is 39.5 Å². The average molecular weight is 522 g/mol. The van der Waals surface area contributed by atoms with Gasteiger partial charge in [0.1, 0.15) is 5.69 Å². The average Bonchev–Trinajstić information content (AvgIpc) is 3.24. The predicted molar refractivity (Wildman–Crippen MR) is 134 cm³/mol. The van der Waals surface area contributed by atoms with Gasteiger partial charge in [-0.15, -0.1) is 0 Å². The summed E-state index contributed by atoms with van der Waals surface area (Å²) < 4.78 is 38.7. The number of carbonyl (C=O) groups is 3. The molecule has 1 aliphatic rings. The van der Waals surface area contributed by atoms with Crippen molar-refractivity contribution in [2.24, 2.45) is 5.73 Å². The summed E-state index contributed by atoms with van der Waals surface area (Å²) in [6.07, 6.45) is -3.92. The molecule has 3 rings (SSSR count). The summed E-state index contributed by atoms with van der Waals surface area (Å²) in [6.45, 7) is 3.45. The van der Waals surface area contributed by atoms with Gasteiger partial charge in [0.2, 0.25) is 5.91 Å². The lowest BCUT2D eigenvalue weighted by Gasteiger charge is -2.26. The van der Waals surface area contributed by atoms with Crippen molar-refractivity contribution in [3.63, 3.8) is 0 Å². The van der Waals surface area contributed by atoms with Crippen LogP contribution in [0.2, 0.25) is 0 Å². The highest BCUT2D eigenvalue weighted by Gasteiger charge is 2.32. The van der Waals surface area contributed by atoms with Crippen LogP contribution in [0.1, 0.15) is 33.5 Å². The van der Waals surface area contributed by atoms with E-state index < -0.39 is 36.1 Å². The van der Waals surface area contributed by atoms with Gasteiger partial charge >= 0.3 is 12.2 Å². The molecule has 0 aromatic heterocycles. The molecule has 1 atom stereocenters. The van der Waals surface area contributed by atoms with E-state index in [0.29, 0.717) is 25.6 Å². The van der Waals surface area contributed by atoms with Gasteiger partial charge in [0, 0.05) is 43.0 Å². The van der Waals surface area contributed by atoms with Crippen LogP contribution in [0.5, 0.6) is 0 Å². The van der Waals surface area contributed by atoms with Crippen LogP contribution in [0.4, 0.5) is 29.3 Å². The van der Waals surface area contributed by atoms with Crippen LogP contribution < -0.4 is 26.6 Å². The molecule has 0 unspecified atom stereocenters. The number of rotatable bonds is 7. The fourth-order valence-corrected chi connectivity index (χ4v) is 4.29. The molecule has 0 bridgehead atoms. The van der Waals surface area contributed by atoms with E-state index in [1.807, 2.05) is 25.1 Å². The first-order chi connectivity index (χ1) is 17.2. The number of nitrogens with two attached hydrogens (primary N) is 2. The molecule has 1 heterocycles. The van der Waals surface area contributed by atoms with Crippen molar-refractivity contribution in [2.45, 2.75) is 32.1 Å². The van der Waals surface area contributed by atoms with Gasteiger partial charge in [0.25, 0.3) is 5.91 Å². The minimum Gasteiger partial charge on any atom is -0.398 e. The molecule has 0 spiro atoms. The SMILES string of the molecule is Cc1ccc(CN2CC[C@H](NC(=O)CNC(=O)c3cc(C(F)(F)F)ccc3N)C2)cc1[N+](C)(C)C(N)=O. The van der Waals surface area contributed by atoms with Gasteiger partial charge < -0.3 is 22.1 Å². The third-order valence-corrected chi connectivity index (χ3v) is 6.51. The van der Waals surface area contributed by atoms with Crippen LogP contribution in [-0.4, -0.2) is 62.5 Å². The second-order valence-electron chi connectivity index (χ2n) is 9.68. The van der Waals surface area contributed by atoms with E-state index in [0.717, 1.165) is 35.5 Å². The number of nitrogens with zero attached hydrogens (tertiary/aromatic N) is 2. The van der Waals surface area contributed by atoms with E-state index >= 15 is 0 Å². The molecule has 1 aliphatic heterocycles. The molecule has 12 heteroatoms. The Morgan fingerprint density at radius 1 is 1.14 bits per heavy atom. The quantitative estimate of drug-likeness (QED) is 0.328. The van der Waals surface area contributed by atoms with Crippen molar-refractivity contribution >= 4 is 29.2 Å². The molecule has 9 nitrogen and oxygen atoms in total. The highest BCUT2D eigenvalue weighted by atomic mass is 19.4. The molecule has 200 valence electrons. The standard InChI is InChI=1S/C25H31F3N6O3/c1-15-4-5-16(10-21(15)34(2,3)24(30)37)13-33-9-8-18(14-33)32-22(35)12-31-23(36)19-11-17(25(26,27)28)6-7-20(19)29/h4-7,10-11,18H,8-9,12-14H2,1-3H3,(H5-,29,30,31,32,35,36,37)/p+1/t18-/m0/s1. The summed E-state index contributed by atoms with van der Waals surface area (Å²) in [6, 6.07) is 7.75. The van der Waals surface area contributed by atoms with E-state index in [4.69, 9.17) is 11.5 Å². The van der Waals surface area contributed by atoms with Crippen molar-refractivity contribution in [1.82, 2.24) is 20.0 Å². The Labute approximate surface area is 213 Å². The number of quaternary nitrogens is 1. The van der Waals surface area contributed by atoms with Crippen LogP contribution in [0.3, 0.4) is 0 Å². The first-order valence-corrected chi connectivity index (χ1v) is 11.7. The molecule has 0 radical (unpaired) electrons. The first-order valence-electron chi connectivity index (χ1n) is 11.7.